The number of rotatable bonds is 11. The van der Waals surface area contributed by atoms with Gasteiger partial charge >= 0.3 is 24.4 Å². The molecule has 1 amide bonds. The van der Waals surface area contributed by atoms with Crippen molar-refractivity contribution in [2.45, 2.75) is 70.1 Å². The van der Waals surface area contributed by atoms with E-state index in [1.54, 1.807) is 25.1 Å². The number of allylic oxidation sites excluding steroid dienone is 3. The molecule has 0 radical (unpaired) electrons. The summed E-state index contributed by atoms with van der Waals surface area (Å²) in [5.74, 6) is -3.49. The average molecular weight is 731 g/mol. The van der Waals surface area contributed by atoms with E-state index in [1.807, 2.05) is 0 Å². The molecule has 2 aliphatic heterocycles. The van der Waals surface area contributed by atoms with Crippen LogP contribution in [-0.2, 0) is 20.8 Å². The summed E-state index contributed by atoms with van der Waals surface area (Å²) in [5, 5.41) is 0. The molecule has 3 heterocycles. The maximum Gasteiger partial charge on any atom is 0.416 e. The summed E-state index contributed by atoms with van der Waals surface area (Å²) in [4.78, 5) is 36.7. The number of anilines is 1. The van der Waals surface area contributed by atoms with Crippen molar-refractivity contribution < 1.29 is 58.9 Å². The van der Waals surface area contributed by atoms with Crippen LogP contribution in [0, 0.1) is 5.92 Å². The highest BCUT2D eigenvalue weighted by molar-refractivity contribution is 5.79. The lowest BCUT2D eigenvalue weighted by Gasteiger charge is -2.38. The highest BCUT2D eigenvalue weighted by atomic mass is 19.4. The predicted octanol–water partition coefficient (Wildman–Crippen LogP) is 7.54. The first-order valence-electron chi connectivity index (χ1n) is 15.8. The molecule has 0 bridgehead atoms. The molecule has 2 saturated heterocycles. The third kappa shape index (κ3) is 8.12. The Morgan fingerprint density at radius 2 is 1.80 bits per heavy atom. The molecule has 4 atom stereocenters. The lowest BCUT2D eigenvalue weighted by molar-refractivity contribution is -0.144. The highest BCUT2D eigenvalue weighted by Gasteiger charge is 2.47. The number of hydrogen-bond donors (Lipinski definition) is 0. The normalized spacial score (nSPS) is 23.5. The molecular formula is C34H34F8N4O5. The van der Waals surface area contributed by atoms with Crippen molar-refractivity contribution in [2.24, 2.45) is 5.92 Å². The van der Waals surface area contributed by atoms with Gasteiger partial charge in [-0.05, 0) is 68.5 Å². The van der Waals surface area contributed by atoms with Crippen LogP contribution in [0.3, 0.4) is 0 Å². The number of aromatic nitrogens is 2. The largest absolute Gasteiger partial charge is 0.496 e. The lowest BCUT2D eigenvalue weighted by atomic mass is 9.98. The summed E-state index contributed by atoms with van der Waals surface area (Å²) in [7, 11) is 1.42. The quantitative estimate of drug-likeness (QED) is 0.133. The number of methoxy groups -OCH3 is 1. The molecular weight excluding hydrogens is 696 g/mol. The predicted molar refractivity (Wildman–Crippen MR) is 167 cm³/mol. The summed E-state index contributed by atoms with van der Waals surface area (Å²) in [6.07, 6.45) is -10.3. The van der Waals surface area contributed by atoms with E-state index in [1.165, 1.54) is 25.1 Å². The smallest absolute Gasteiger partial charge is 0.416 e. The van der Waals surface area contributed by atoms with Gasteiger partial charge in [-0.1, -0.05) is 12.6 Å². The van der Waals surface area contributed by atoms with Crippen LogP contribution >= 0.6 is 0 Å². The number of cyclic esters (lactones) is 1. The summed E-state index contributed by atoms with van der Waals surface area (Å²) in [6, 6.07) is 4.21. The molecule has 3 fully saturated rings. The van der Waals surface area contributed by atoms with Crippen molar-refractivity contribution in [1.29, 1.82) is 0 Å². The van der Waals surface area contributed by atoms with E-state index >= 15 is 0 Å². The van der Waals surface area contributed by atoms with Crippen LogP contribution in [0.1, 0.15) is 44.4 Å². The number of carbonyl (C=O) groups is 2. The molecule has 1 unspecified atom stereocenters. The molecule has 1 saturated carbocycles. The monoisotopic (exact) mass is 730 g/mol. The first-order chi connectivity index (χ1) is 23.7. The van der Waals surface area contributed by atoms with Gasteiger partial charge in [0, 0.05) is 22.9 Å². The van der Waals surface area contributed by atoms with E-state index in [0.29, 0.717) is 36.3 Å². The third-order valence-electron chi connectivity index (χ3n) is 8.87. The zero-order valence-corrected chi connectivity index (χ0v) is 27.9. The van der Waals surface area contributed by atoms with Crippen molar-refractivity contribution in [2.75, 3.05) is 31.7 Å². The van der Waals surface area contributed by atoms with Crippen molar-refractivity contribution in [3.8, 4) is 16.9 Å². The first-order valence-corrected chi connectivity index (χ1v) is 15.8. The number of ether oxygens (including phenoxy) is 3. The van der Waals surface area contributed by atoms with Crippen molar-refractivity contribution >= 4 is 18.0 Å². The molecule has 5 rings (SSSR count). The van der Waals surface area contributed by atoms with Gasteiger partial charge in [0.2, 0.25) is 5.95 Å². The second kappa shape index (κ2) is 13.8. The number of halogens is 8. The highest BCUT2D eigenvalue weighted by Crippen LogP contribution is 2.50. The molecule has 9 nitrogen and oxygen atoms in total. The number of esters is 1. The Balaban J connectivity index is 1.49. The van der Waals surface area contributed by atoms with E-state index in [0.717, 1.165) is 10.5 Å². The van der Waals surface area contributed by atoms with Gasteiger partial charge in [0.1, 0.15) is 11.9 Å². The minimum atomic E-state index is -5.19. The Labute approximate surface area is 287 Å². The van der Waals surface area contributed by atoms with Crippen LogP contribution in [0.15, 0.2) is 59.8 Å². The summed E-state index contributed by atoms with van der Waals surface area (Å²) in [6.45, 7) is 5.78. The number of benzene rings is 1. The van der Waals surface area contributed by atoms with Gasteiger partial charge in [-0.2, -0.15) is 26.3 Å². The second-order valence-corrected chi connectivity index (χ2v) is 12.6. The third-order valence-corrected chi connectivity index (χ3v) is 8.87. The van der Waals surface area contributed by atoms with Gasteiger partial charge in [-0.3, -0.25) is 9.69 Å². The Kier molecular flexibility index (Phi) is 10.2. The topological polar surface area (TPSA) is 94.1 Å². The van der Waals surface area contributed by atoms with Crippen LogP contribution in [0.2, 0.25) is 0 Å². The fourth-order valence-corrected chi connectivity index (χ4v) is 5.96. The average Bonchev–Trinajstić information content (AvgIpc) is 3.79. The molecule has 17 heteroatoms. The number of alkyl halides is 8. The van der Waals surface area contributed by atoms with Gasteiger partial charge in [0.05, 0.1) is 56.6 Å². The molecule has 276 valence electrons. The van der Waals surface area contributed by atoms with Gasteiger partial charge in [0.25, 0.3) is 5.92 Å². The van der Waals surface area contributed by atoms with Crippen LogP contribution < -0.4 is 9.64 Å². The maximum atomic E-state index is 13.8. The Morgan fingerprint density at radius 3 is 2.39 bits per heavy atom. The molecule has 3 aliphatic rings. The van der Waals surface area contributed by atoms with E-state index in [4.69, 9.17) is 14.2 Å². The van der Waals surface area contributed by atoms with E-state index in [2.05, 4.69) is 16.5 Å². The van der Waals surface area contributed by atoms with Crippen molar-refractivity contribution in [3.05, 3.63) is 71.1 Å². The summed E-state index contributed by atoms with van der Waals surface area (Å²) >= 11 is 0. The fourth-order valence-electron chi connectivity index (χ4n) is 5.96. The second-order valence-electron chi connectivity index (χ2n) is 12.6. The van der Waals surface area contributed by atoms with Crippen molar-refractivity contribution in [1.82, 2.24) is 14.9 Å². The molecule has 2 aromatic rings. The minimum absolute atomic E-state index is 0.0590. The van der Waals surface area contributed by atoms with Gasteiger partial charge < -0.3 is 19.1 Å². The van der Waals surface area contributed by atoms with Crippen LogP contribution in [0.25, 0.3) is 11.1 Å². The standard InChI is InChI=1S/C34H34F8N4O5/c1-6-50-29(47)24-12-22(24)20-7-8-27(49-5)23(11-20)25-13-43-30(45-15-32(35,36)16-45)44-26(25)14-46-19(4)28(51-31(46)48)17(2)9-21(34(40,41)42)10-18(3)33(37,38)39/h7-11,13,19,22,24,28H,2,6,12,14-16H2,1,3-5H3/b18-10+,21-9+/t19-,22?,24-,28+/m0/s1. The van der Waals surface area contributed by atoms with Gasteiger partial charge in [-0.25, -0.2) is 23.5 Å². The molecule has 1 aromatic heterocycles. The number of carbonyl (C=O) groups excluding carboxylic acids is 2. The first kappa shape index (κ1) is 37.6. The zero-order valence-electron chi connectivity index (χ0n) is 27.9. The van der Waals surface area contributed by atoms with Crippen LogP contribution in [0.4, 0.5) is 45.9 Å². The molecule has 1 aromatic carbocycles. The molecule has 1 aliphatic carbocycles. The van der Waals surface area contributed by atoms with Gasteiger partial charge in [-0.15, -0.1) is 0 Å². The number of hydrogen-bond acceptors (Lipinski definition) is 8. The van der Waals surface area contributed by atoms with Crippen LogP contribution in [-0.4, -0.2) is 84.2 Å². The molecule has 0 N–H and O–H groups in total. The Hall–Kier alpha value is -4.70. The SMILES string of the molecule is C=C(/C=C(\C=C(/C)C(F)(F)F)C(F)(F)F)[C@H]1OC(=O)N(Cc2nc(N3CC(F)(F)C3)ncc2-c2cc(C3C[C@@H]3C(=O)OCC)ccc2OC)[C@H]1C. The summed E-state index contributed by atoms with van der Waals surface area (Å²) < 4.78 is 124. The molecule has 51 heavy (non-hydrogen) atoms. The Bertz CT molecular complexity index is 1770. The van der Waals surface area contributed by atoms with Crippen molar-refractivity contribution in [3.63, 3.8) is 0 Å². The lowest BCUT2D eigenvalue weighted by Crippen LogP contribution is -2.57. The van der Waals surface area contributed by atoms with Crippen LogP contribution in [0.5, 0.6) is 5.75 Å². The van der Waals surface area contributed by atoms with E-state index in [9.17, 15) is 44.7 Å². The van der Waals surface area contributed by atoms with Gasteiger partial charge in [0.15, 0.2) is 0 Å². The number of amides is 1. The fraction of sp³-hybridized carbons (Fsp3) is 0.471. The molecule has 0 spiro atoms. The summed E-state index contributed by atoms with van der Waals surface area (Å²) in [5.41, 5.74) is -1.87. The minimum Gasteiger partial charge on any atom is -0.496 e. The zero-order chi connectivity index (χ0) is 37.6. The van der Waals surface area contributed by atoms with E-state index < -0.39 is 66.3 Å². The number of nitrogens with zero attached hydrogens (tertiary/aromatic N) is 4. The van der Waals surface area contributed by atoms with E-state index in [-0.39, 0.29) is 48.7 Å². The Morgan fingerprint density at radius 1 is 1.12 bits per heavy atom. The maximum absolute atomic E-state index is 13.8.